The van der Waals surface area contributed by atoms with Gasteiger partial charge in [-0.3, -0.25) is 0 Å². The summed E-state index contributed by atoms with van der Waals surface area (Å²) in [5, 5.41) is 2.99. The summed E-state index contributed by atoms with van der Waals surface area (Å²) in [5.74, 6) is 1.23. The topological polar surface area (TPSA) is 93.4 Å². The van der Waals surface area contributed by atoms with Crippen LogP contribution in [0.5, 0.6) is 5.75 Å². The van der Waals surface area contributed by atoms with Crippen molar-refractivity contribution in [1.29, 1.82) is 0 Å². The zero-order valence-electron chi connectivity index (χ0n) is 14.5. The van der Waals surface area contributed by atoms with Gasteiger partial charge in [-0.25, -0.2) is 14.8 Å². The fourth-order valence-electron chi connectivity index (χ4n) is 3.12. The summed E-state index contributed by atoms with van der Waals surface area (Å²) in [6, 6.07) is 7.37. The number of nitrogens with one attached hydrogen (secondary N) is 1. The lowest BCUT2D eigenvalue weighted by atomic mass is 9.95. The van der Waals surface area contributed by atoms with Gasteiger partial charge >= 0.3 is 6.03 Å². The smallest absolute Gasteiger partial charge is 0.321 e. The summed E-state index contributed by atoms with van der Waals surface area (Å²) >= 11 is 0. The van der Waals surface area contributed by atoms with Gasteiger partial charge in [0.05, 0.1) is 12.8 Å². The van der Waals surface area contributed by atoms with Crippen molar-refractivity contribution in [3.8, 4) is 5.75 Å². The quantitative estimate of drug-likeness (QED) is 0.895. The van der Waals surface area contributed by atoms with Crippen molar-refractivity contribution in [3.63, 3.8) is 0 Å². The van der Waals surface area contributed by atoms with E-state index in [2.05, 4.69) is 15.3 Å². The number of aryl methyl sites for hydroxylation is 1. The lowest BCUT2D eigenvalue weighted by molar-refractivity contribution is 0.192. The summed E-state index contributed by atoms with van der Waals surface area (Å²) in [5.41, 5.74) is 8.32. The number of benzene rings is 1. The van der Waals surface area contributed by atoms with E-state index in [9.17, 15) is 4.79 Å². The van der Waals surface area contributed by atoms with E-state index in [1.807, 2.05) is 36.1 Å². The Balaban J connectivity index is 1.68. The molecular weight excluding hydrogens is 318 g/mol. The summed E-state index contributed by atoms with van der Waals surface area (Å²) < 4.78 is 5.20. The summed E-state index contributed by atoms with van der Waals surface area (Å²) in [4.78, 5) is 22.7. The molecule has 7 heteroatoms. The number of nitrogens with zero attached hydrogens (tertiary/aromatic N) is 3. The van der Waals surface area contributed by atoms with Gasteiger partial charge in [0.25, 0.3) is 0 Å². The fraction of sp³-hybridized carbons (Fsp3) is 0.389. The highest BCUT2D eigenvalue weighted by Gasteiger charge is 2.26. The third-order valence-electron chi connectivity index (χ3n) is 4.50. The van der Waals surface area contributed by atoms with Gasteiger partial charge in [0.2, 0.25) is 5.95 Å². The van der Waals surface area contributed by atoms with Gasteiger partial charge < -0.3 is 20.7 Å². The molecule has 132 valence electrons. The van der Waals surface area contributed by atoms with Crippen LogP contribution in [0.3, 0.4) is 0 Å². The molecule has 0 unspecified atom stereocenters. The third-order valence-corrected chi connectivity index (χ3v) is 4.50. The van der Waals surface area contributed by atoms with Crippen LogP contribution < -0.4 is 15.8 Å². The molecule has 2 heterocycles. The Morgan fingerprint density at radius 2 is 2.24 bits per heavy atom. The molecular formula is C18H23N5O2. The highest BCUT2D eigenvalue weighted by Crippen LogP contribution is 2.27. The molecule has 0 aliphatic carbocycles. The van der Waals surface area contributed by atoms with Gasteiger partial charge in [-0.05, 0) is 49.6 Å². The lowest BCUT2D eigenvalue weighted by Crippen LogP contribution is -2.41. The Labute approximate surface area is 147 Å². The first-order valence-electron chi connectivity index (χ1n) is 8.36. The molecule has 0 bridgehead atoms. The van der Waals surface area contributed by atoms with Crippen molar-refractivity contribution < 1.29 is 9.53 Å². The lowest BCUT2D eigenvalue weighted by Gasteiger charge is -2.32. The number of aromatic nitrogens is 2. The van der Waals surface area contributed by atoms with Crippen LogP contribution in [-0.2, 0) is 0 Å². The number of carbonyl (C=O) groups is 1. The Morgan fingerprint density at radius 1 is 1.40 bits per heavy atom. The van der Waals surface area contributed by atoms with Gasteiger partial charge in [0.15, 0.2) is 0 Å². The molecule has 0 spiro atoms. The van der Waals surface area contributed by atoms with Crippen LogP contribution in [-0.4, -0.2) is 41.1 Å². The van der Waals surface area contributed by atoms with Gasteiger partial charge in [-0.1, -0.05) is 0 Å². The maximum Gasteiger partial charge on any atom is 0.321 e. The number of carbonyl (C=O) groups excluding carboxylic acids is 1. The largest absolute Gasteiger partial charge is 0.497 e. The number of rotatable bonds is 3. The number of amides is 2. The van der Waals surface area contributed by atoms with Gasteiger partial charge in [0, 0.05) is 30.9 Å². The minimum atomic E-state index is -0.0972. The van der Waals surface area contributed by atoms with E-state index >= 15 is 0 Å². The number of piperidine rings is 1. The average molecular weight is 341 g/mol. The van der Waals surface area contributed by atoms with Gasteiger partial charge in [0.1, 0.15) is 5.75 Å². The number of ether oxygens (including phenoxy) is 1. The van der Waals surface area contributed by atoms with Crippen LogP contribution in [0.4, 0.5) is 16.4 Å². The van der Waals surface area contributed by atoms with Crippen molar-refractivity contribution in [2.75, 3.05) is 31.2 Å². The Kier molecular flexibility index (Phi) is 5.02. The monoisotopic (exact) mass is 341 g/mol. The number of hydrogen-bond donors (Lipinski definition) is 2. The molecule has 1 aliphatic rings. The zero-order valence-corrected chi connectivity index (χ0v) is 14.5. The van der Waals surface area contributed by atoms with E-state index in [1.54, 1.807) is 13.3 Å². The number of methoxy groups -OCH3 is 1. The fourth-order valence-corrected chi connectivity index (χ4v) is 3.12. The molecule has 1 aromatic heterocycles. The van der Waals surface area contributed by atoms with E-state index in [0.29, 0.717) is 6.54 Å². The SMILES string of the molecule is COc1ccc(NC(=O)N2CCC[C@H](c3ccnc(N)n3)C2)c(C)c1. The summed E-state index contributed by atoms with van der Waals surface area (Å²) in [7, 11) is 1.63. The average Bonchev–Trinajstić information content (AvgIpc) is 2.63. The maximum absolute atomic E-state index is 12.6. The molecule has 1 aromatic carbocycles. The second-order valence-corrected chi connectivity index (χ2v) is 6.24. The van der Waals surface area contributed by atoms with Crippen molar-refractivity contribution in [2.24, 2.45) is 0 Å². The number of nitrogen functional groups attached to an aromatic ring is 1. The number of anilines is 2. The number of nitrogens with two attached hydrogens (primary N) is 1. The predicted octanol–water partition coefficient (Wildman–Crippen LogP) is 2.79. The minimum absolute atomic E-state index is 0.0972. The molecule has 25 heavy (non-hydrogen) atoms. The second kappa shape index (κ2) is 7.38. The minimum Gasteiger partial charge on any atom is -0.497 e. The molecule has 3 N–H and O–H groups in total. The number of hydrogen-bond acceptors (Lipinski definition) is 5. The van der Waals surface area contributed by atoms with Crippen molar-refractivity contribution in [2.45, 2.75) is 25.7 Å². The van der Waals surface area contributed by atoms with Crippen LogP contribution in [0.25, 0.3) is 0 Å². The second-order valence-electron chi connectivity index (χ2n) is 6.24. The van der Waals surface area contributed by atoms with Crippen LogP contribution >= 0.6 is 0 Å². The molecule has 2 aromatic rings. The molecule has 2 amide bonds. The maximum atomic E-state index is 12.6. The Morgan fingerprint density at radius 3 is 2.96 bits per heavy atom. The van der Waals surface area contributed by atoms with E-state index in [0.717, 1.165) is 42.1 Å². The number of likely N-dealkylation sites (tertiary alicyclic amines) is 1. The van der Waals surface area contributed by atoms with Crippen LogP contribution in [0.1, 0.15) is 30.0 Å². The molecule has 0 saturated carbocycles. The van der Waals surface area contributed by atoms with E-state index in [4.69, 9.17) is 10.5 Å². The Hall–Kier alpha value is -2.83. The zero-order chi connectivity index (χ0) is 17.8. The highest BCUT2D eigenvalue weighted by molar-refractivity contribution is 5.90. The predicted molar refractivity (Wildman–Crippen MR) is 96.7 cm³/mol. The summed E-state index contributed by atoms with van der Waals surface area (Å²) in [6.07, 6.45) is 3.59. The molecule has 7 nitrogen and oxygen atoms in total. The first-order valence-corrected chi connectivity index (χ1v) is 8.36. The molecule has 1 saturated heterocycles. The van der Waals surface area contributed by atoms with Crippen LogP contribution in [0.2, 0.25) is 0 Å². The first kappa shape index (κ1) is 17.0. The molecule has 1 aliphatic heterocycles. The van der Waals surface area contributed by atoms with Crippen molar-refractivity contribution >= 4 is 17.7 Å². The van der Waals surface area contributed by atoms with Crippen molar-refractivity contribution in [1.82, 2.24) is 14.9 Å². The molecule has 3 rings (SSSR count). The Bertz CT molecular complexity index is 765. The standard InChI is InChI=1S/C18H23N5O2/c1-12-10-14(25-2)5-6-15(12)22-18(24)23-9-3-4-13(11-23)16-7-8-20-17(19)21-16/h5-8,10,13H,3-4,9,11H2,1-2H3,(H,22,24)(H2,19,20,21)/t13-/m0/s1. The molecule has 1 fully saturated rings. The first-order chi connectivity index (χ1) is 12.1. The van der Waals surface area contributed by atoms with Crippen LogP contribution in [0, 0.1) is 6.92 Å². The molecule has 1 atom stereocenters. The van der Waals surface area contributed by atoms with E-state index < -0.39 is 0 Å². The summed E-state index contributed by atoms with van der Waals surface area (Å²) in [6.45, 7) is 3.30. The van der Waals surface area contributed by atoms with E-state index in [1.165, 1.54) is 0 Å². The number of urea groups is 1. The van der Waals surface area contributed by atoms with Gasteiger partial charge in [-0.2, -0.15) is 0 Å². The normalized spacial score (nSPS) is 17.2. The van der Waals surface area contributed by atoms with Crippen molar-refractivity contribution in [3.05, 3.63) is 41.7 Å². The highest BCUT2D eigenvalue weighted by atomic mass is 16.5. The molecule has 0 radical (unpaired) electrons. The van der Waals surface area contributed by atoms with Gasteiger partial charge in [-0.15, -0.1) is 0 Å². The van der Waals surface area contributed by atoms with Crippen LogP contribution in [0.15, 0.2) is 30.5 Å². The van der Waals surface area contributed by atoms with E-state index in [-0.39, 0.29) is 17.9 Å². The third kappa shape index (κ3) is 3.99.